The molecular weight excluding hydrogens is 296 g/mol. The zero-order valence-electron chi connectivity index (χ0n) is 12.3. The standard InChI is InChI=1S/C13H18N2O5S/c1-13(2,3)21(19)14-11(12(16)20-4)9-6-5-7-10(8-9)15(17)18/h5-8,11,14H,1-4H3/t11-,21?/m1/s1. The van der Waals surface area contributed by atoms with Crippen molar-refractivity contribution in [2.45, 2.75) is 31.6 Å². The topological polar surface area (TPSA) is 98.5 Å². The van der Waals surface area contributed by atoms with Crippen molar-refractivity contribution >= 4 is 22.6 Å². The van der Waals surface area contributed by atoms with Gasteiger partial charge in [0.1, 0.15) is 6.04 Å². The maximum atomic E-state index is 12.1. The zero-order chi connectivity index (χ0) is 16.2. The molecule has 2 atom stereocenters. The van der Waals surface area contributed by atoms with Crippen LogP contribution in [-0.2, 0) is 20.5 Å². The van der Waals surface area contributed by atoms with E-state index >= 15 is 0 Å². The van der Waals surface area contributed by atoms with Gasteiger partial charge in [0.2, 0.25) is 0 Å². The third-order valence-electron chi connectivity index (χ3n) is 2.63. The number of ether oxygens (including phenoxy) is 1. The summed E-state index contributed by atoms with van der Waals surface area (Å²) in [5.74, 6) is -0.659. The van der Waals surface area contributed by atoms with Crippen molar-refractivity contribution in [3.05, 3.63) is 39.9 Å². The first-order valence-electron chi connectivity index (χ1n) is 6.17. The summed E-state index contributed by atoms with van der Waals surface area (Å²) >= 11 is 0. The molecule has 0 aliphatic rings. The number of rotatable bonds is 5. The summed E-state index contributed by atoms with van der Waals surface area (Å²) < 4.78 is 18.9. The average Bonchev–Trinajstić information content (AvgIpc) is 2.42. The highest BCUT2D eigenvalue weighted by atomic mass is 32.2. The molecule has 0 radical (unpaired) electrons. The lowest BCUT2D eigenvalue weighted by molar-refractivity contribution is -0.384. The molecule has 1 rings (SSSR count). The van der Waals surface area contributed by atoms with Gasteiger partial charge in [-0.2, -0.15) is 0 Å². The second-order valence-corrected chi connectivity index (χ2v) is 7.31. The molecular formula is C13H18N2O5S. The second kappa shape index (κ2) is 6.77. The molecule has 0 bridgehead atoms. The monoisotopic (exact) mass is 314 g/mol. The Hall–Kier alpha value is -1.80. The first kappa shape index (κ1) is 17.3. The summed E-state index contributed by atoms with van der Waals surface area (Å²) in [6.07, 6.45) is 0. The number of nitrogens with zero attached hydrogens (tertiary/aromatic N) is 1. The van der Waals surface area contributed by atoms with Crippen LogP contribution >= 0.6 is 0 Å². The number of methoxy groups -OCH3 is 1. The van der Waals surface area contributed by atoms with Gasteiger partial charge in [0.05, 0.1) is 27.8 Å². The molecule has 0 heterocycles. The predicted octanol–water partition coefficient (Wildman–Crippen LogP) is 1.86. The van der Waals surface area contributed by atoms with Gasteiger partial charge in [-0.25, -0.2) is 13.7 Å². The molecule has 0 amide bonds. The summed E-state index contributed by atoms with van der Waals surface area (Å²) in [5.41, 5.74) is 0.179. The molecule has 0 saturated heterocycles. The van der Waals surface area contributed by atoms with Gasteiger partial charge in [0.15, 0.2) is 0 Å². The van der Waals surface area contributed by atoms with Crippen LogP contribution in [0.5, 0.6) is 0 Å². The number of esters is 1. The fourth-order valence-electron chi connectivity index (χ4n) is 1.47. The number of non-ortho nitro benzene ring substituents is 1. The van der Waals surface area contributed by atoms with Crippen LogP contribution in [-0.4, -0.2) is 27.0 Å². The van der Waals surface area contributed by atoms with E-state index in [0.29, 0.717) is 5.56 Å². The van der Waals surface area contributed by atoms with Crippen LogP contribution in [0.3, 0.4) is 0 Å². The van der Waals surface area contributed by atoms with E-state index in [1.165, 1.54) is 25.3 Å². The Bertz CT molecular complexity index is 568. The predicted molar refractivity (Wildman–Crippen MR) is 78.9 cm³/mol. The summed E-state index contributed by atoms with van der Waals surface area (Å²) in [4.78, 5) is 22.1. The first-order valence-corrected chi connectivity index (χ1v) is 7.32. The maximum absolute atomic E-state index is 12.1. The smallest absolute Gasteiger partial charge is 0.328 e. The van der Waals surface area contributed by atoms with E-state index in [9.17, 15) is 19.1 Å². The minimum Gasteiger partial charge on any atom is -0.468 e. The Morgan fingerprint density at radius 2 is 2.05 bits per heavy atom. The van der Waals surface area contributed by atoms with Crippen molar-refractivity contribution in [1.82, 2.24) is 4.72 Å². The van der Waals surface area contributed by atoms with Crippen molar-refractivity contribution in [3.8, 4) is 0 Å². The lowest BCUT2D eigenvalue weighted by Crippen LogP contribution is -2.39. The number of nitrogens with one attached hydrogen (secondary N) is 1. The van der Waals surface area contributed by atoms with Crippen LogP contribution in [0.4, 0.5) is 5.69 Å². The lowest BCUT2D eigenvalue weighted by atomic mass is 10.1. The fraction of sp³-hybridized carbons (Fsp3) is 0.462. The summed E-state index contributed by atoms with van der Waals surface area (Å²) in [6, 6.07) is 4.55. The van der Waals surface area contributed by atoms with Crippen molar-refractivity contribution < 1.29 is 18.7 Å². The van der Waals surface area contributed by atoms with E-state index in [-0.39, 0.29) is 5.69 Å². The van der Waals surface area contributed by atoms with Crippen LogP contribution in [0.1, 0.15) is 32.4 Å². The van der Waals surface area contributed by atoms with E-state index in [4.69, 9.17) is 0 Å². The SMILES string of the molecule is COC(=O)[C@H](NS(=O)C(C)(C)C)c1cccc([N+](=O)[O-])c1. The van der Waals surface area contributed by atoms with E-state index < -0.39 is 32.7 Å². The van der Waals surface area contributed by atoms with Gasteiger partial charge in [-0.05, 0) is 26.3 Å². The number of carbonyl (C=O) groups is 1. The van der Waals surface area contributed by atoms with Gasteiger partial charge in [-0.1, -0.05) is 12.1 Å². The molecule has 1 N–H and O–H groups in total. The third-order valence-corrected chi connectivity index (χ3v) is 4.19. The minimum absolute atomic E-state index is 0.148. The molecule has 1 aromatic rings. The van der Waals surface area contributed by atoms with Crippen molar-refractivity contribution in [3.63, 3.8) is 0 Å². The van der Waals surface area contributed by atoms with Gasteiger partial charge >= 0.3 is 5.97 Å². The molecule has 21 heavy (non-hydrogen) atoms. The molecule has 0 aliphatic carbocycles. The Morgan fingerprint density at radius 1 is 1.43 bits per heavy atom. The molecule has 0 spiro atoms. The third kappa shape index (κ3) is 4.61. The molecule has 8 heteroatoms. The second-order valence-electron chi connectivity index (χ2n) is 5.31. The van der Waals surface area contributed by atoms with Crippen molar-refractivity contribution in [2.24, 2.45) is 0 Å². The van der Waals surface area contributed by atoms with Crippen molar-refractivity contribution in [2.75, 3.05) is 7.11 Å². The molecule has 0 aromatic heterocycles. The van der Waals surface area contributed by atoms with Crippen LogP contribution in [0.25, 0.3) is 0 Å². The number of nitro benzene ring substituents is 1. The van der Waals surface area contributed by atoms with Gasteiger partial charge < -0.3 is 4.74 Å². The molecule has 1 aromatic carbocycles. The number of hydrogen-bond donors (Lipinski definition) is 1. The number of benzene rings is 1. The lowest BCUT2D eigenvalue weighted by Gasteiger charge is -2.23. The quantitative estimate of drug-likeness (QED) is 0.508. The zero-order valence-corrected chi connectivity index (χ0v) is 13.1. The van der Waals surface area contributed by atoms with Gasteiger partial charge in [-0.15, -0.1) is 0 Å². The highest BCUT2D eigenvalue weighted by Crippen LogP contribution is 2.22. The summed E-state index contributed by atoms with van der Waals surface area (Å²) in [5, 5.41) is 10.8. The number of nitro groups is 1. The van der Waals surface area contributed by atoms with Gasteiger partial charge in [0.25, 0.3) is 5.69 Å². The van der Waals surface area contributed by atoms with E-state index in [1.807, 2.05) is 0 Å². The maximum Gasteiger partial charge on any atom is 0.328 e. The van der Waals surface area contributed by atoms with E-state index in [2.05, 4.69) is 9.46 Å². The highest BCUT2D eigenvalue weighted by molar-refractivity contribution is 7.84. The van der Waals surface area contributed by atoms with Gasteiger partial charge in [0, 0.05) is 12.1 Å². The Balaban J connectivity index is 3.14. The van der Waals surface area contributed by atoms with Crippen molar-refractivity contribution in [1.29, 1.82) is 0 Å². The highest BCUT2D eigenvalue weighted by Gasteiger charge is 2.29. The molecule has 116 valence electrons. The minimum atomic E-state index is -1.53. The Morgan fingerprint density at radius 3 is 2.52 bits per heavy atom. The van der Waals surface area contributed by atoms with E-state index in [0.717, 1.165) is 0 Å². The van der Waals surface area contributed by atoms with E-state index in [1.54, 1.807) is 26.8 Å². The van der Waals surface area contributed by atoms with Crippen LogP contribution in [0.15, 0.2) is 24.3 Å². The molecule has 1 unspecified atom stereocenters. The Labute approximate surface area is 125 Å². The van der Waals surface area contributed by atoms with Gasteiger partial charge in [-0.3, -0.25) is 10.1 Å². The van der Waals surface area contributed by atoms with Crippen LogP contribution in [0.2, 0.25) is 0 Å². The molecule has 0 fully saturated rings. The first-order chi connectivity index (χ1) is 9.66. The summed E-state index contributed by atoms with van der Waals surface area (Å²) in [6.45, 7) is 5.24. The van der Waals surface area contributed by atoms with Crippen LogP contribution in [0, 0.1) is 10.1 Å². The Kier molecular flexibility index (Phi) is 5.56. The molecule has 0 saturated carbocycles. The number of carbonyl (C=O) groups excluding carboxylic acids is 1. The molecule has 7 nitrogen and oxygen atoms in total. The number of hydrogen-bond acceptors (Lipinski definition) is 5. The molecule has 0 aliphatic heterocycles. The fourth-order valence-corrected chi connectivity index (χ4v) is 2.27. The normalized spacial score (nSPS) is 14.3. The van der Waals surface area contributed by atoms with Crippen LogP contribution < -0.4 is 4.72 Å². The largest absolute Gasteiger partial charge is 0.468 e. The average molecular weight is 314 g/mol. The summed E-state index contributed by atoms with van der Waals surface area (Å²) in [7, 11) is -0.325.